The zero-order valence-electron chi connectivity index (χ0n) is 10.5. The van der Waals surface area contributed by atoms with E-state index in [1.807, 2.05) is 26.0 Å². The van der Waals surface area contributed by atoms with Crippen LogP contribution in [0.15, 0.2) is 12.1 Å². The molecule has 2 rings (SSSR count). The number of fused-ring (bicyclic) bond motifs is 1. The highest BCUT2D eigenvalue weighted by atomic mass is 35.5. The Morgan fingerprint density at radius 1 is 1.22 bits per heavy atom. The van der Waals surface area contributed by atoms with Gasteiger partial charge in [-0.15, -0.1) is 0 Å². The van der Waals surface area contributed by atoms with Gasteiger partial charge in [-0.1, -0.05) is 11.6 Å². The third-order valence-electron chi connectivity index (χ3n) is 2.84. The normalized spacial score (nSPS) is 10.7. The van der Waals surface area contributed by atoms with Crippen LogP contribution in [0, 0.1) is 13.8 Å². The van der Waals surface area contributed by atoms with Gasteiger partial charge in [0.2, 0.25) is 0 Å². The van der Waals surface area contributed by atoms with Gasteiger partial charge in [-0.3, -0.25) is 4.79 Å². The summed E-state index contributed by atoms with van der Waals surface area (Å²) in [7, 11) is 1.33. The molecule has 2 aromatic rings. The highest BCUT2D eigenvalue weighted by molar-refractivity contribution is 6.30. The number of nitrogens with zero attached hydrogens (tertiary/aromatic N) is 2. The van der Waals surface area contributed by atoms with Crippen molar-refractivity contribution in [3.63, 3.8) is 0 Å². The molecule has 0 N–H and O–H groups in total. The highest BCUT2D eigenvalue weighted by Gasteiger charge is 2.12. The first-order valence-electron chi connectivity index (χ1n) is 5.51. The molecule has 0 radical (unpaired) electrons. The predicted octanol–water partition coefficient (Wildman–Crippen LogP) is 2.62. The van der Waals surface area contributed by atoms with Gasteiger partial charge in [0.1, 0.15) is 0 Å². The number of rotatable bonds is 2. The molecule has 1 heterocycles. The maximum absolute atomic E-state index is 11.2. The fraction of sp³-hybridized carbons (Fsp3) is 0.308. The number of aromatic nitrogens is 2. The summed E-state index contributed by atoms with van der Waals surface area (Å²) in [4.78, 5) is 19.9. The molecule has 0 saturated carbocycles. The fourth-order valence-corrected chi connectivity index (χ4v) is 1.85. The van der Waals surface area contributed by atoms with Crippen LogP contribution in [0.2, 0.25) is 5.15 Å². The van der Waals surface area contributed by atoms with Gasteiger partial charge >= 0.3 is 5.97 Å². The Labute approximate surface area is 110 Å². The second kappa shape index (κ2) is 4.90. The lowest BCUT2D eigenvalue weighted by molar-refractivity contribution is -0.139. The lowest BCUT2D eigenvalue weighted by Crippen LogP contribution is -2.07. The lowest BCUT2D eigenvalue weighted by atomic mass is 10.1. The maximum Gasteiger partial charge on any atom is 0.311 e. The van der Waals surface area contributed by atoms with Crippen LogP contribution < -0.4 is 0 Å². The van der Waals surface area contributed by atoms with Gasteiger partial charge in [0, 0.05) is 0 Å². The van der Waals surface area contributed by atoms with Crippen LogP contribution in [0.25, 0.3) is 11.0 Å². The van der Waals surface area contributed by atoms with Gasteiger partial charge in [0.05, 0.1) is 30.3 Å². The number of aryl methyl sites for hydroxylation is 2. The summed E-state index contributed by atoms with van der Waals surface area (Å²) in [5.41, 5.74) is 4.18. The fourth-order valence-electron chi connectivity index (χ4n) is 1.65. The van der Waals surface area contributed by atoms with E-state index in [4.69, 9.17) is 11.6 Å². The molecule has 1 aromatic carbocycles. The minimum atomic E-state index is -0.380. The first kappa shape index (κ1) is 12.8. The molecule has 0 atom stereocenters. The molecule has 0 amide bonds. The van der Waals surface area contributed by atoms with E-state index >= 15 is 0 Å². The zero-order chi connectivity index (χ0) is 13.3. The van der Waals surface area contributed by atoms with E-state index in [0.717, 1.165) is 22.2 Å². The summed E-state index contributed by atoms with van der Waals surface area (Å²) in [6.07, 6.45) is 0.0329. The van der Waals surface area contributed by atoms with Crippen molar-refractivity contribution in [2.45, 2.75) is 20.3 Å². The van der Waals surface area contributed by atoms with Crippen LogP contribution in [-0.4, -0.2) is 23.0 Å². The van der Waals surface area contributed by atoms with Crippen molar-refractivity contribution in [2.24, 2.45) is 0 Å². The number of halogens is 1. The van der Waals surface area contributed by atoms with E-state index in [0.29, 0.717) is 5.69 Å². The Hall–Kier alpha value is -1.68. The number of hydrogen-bond donors (Lipinski definition) is 0. The largest absolute Gasteiger partial charge is 0.469 e. The zero-order valence-corrected chi connectivity index (χ0v) is 11.2. The molecule has 0 aliphatic rings. The van der Waals surface area contributed by atoms with Crippen LogP contribution in [0.1, 0.15) is 16.8 Å². The van der Waals surface area contributed by atoms with Gasteiger partial charge < -0.3 is 4.74 Å². The quantitative estimate of drug-likeness (QED) is 0.783. The van der Waals surface area contributed by atoms with E-state index < -0.39 is 0 Å². The van der Waals surface area contributed by atoms with Crippen molar-refractivity contribution in [3.05, 3.63) is 34.1 Å². The Morgan fingerprint density at radius 3 is 2.33 bits per heavy atom. The predicted molar refractivity (Wildman–Crippen MR) is 69.7 cm³/mol. The van der Waals surface area contributed by atoms with Crippen LogP contribution in [-0.2, 0) is 16.0 Å². The molecule has 5 heteroatoms. The first-order valence-corrected chi connectivity index (χ1v) is 5.89. The summed E-state index contributed by atoms with van der Waals surface area (Å²) in [5, 5.41) is 0.246. The van der Waals surface area contributed by atoms with Gasteiger partial charge in [-0.2, -0.15) is 0 Å². The third-order valence-corrected chi connectivity index (χ3v) is 3.15. The molecule has 0 fully saturated rings. The molecular formula is C13H13ClN2O2. The second-order valence-electron chi connectivity index (χ2n) is 4.14. The number of benzene rings is 1. The van der Waals surface area contributed by atoms with E-state index in [1.165, 1.54) is 7.11 Å². The summed E-state index contributed by atoms with van der Waals surface area (Å²) in [5.74, 6) is -0.380. The third kappa shape index (κ3) is 2.43. The monoisotopic (exact) mass is 264 g/mol. The molecule has 18 heavy (non-hydrogen) atoms. The molecule has 4 nitrogen and oxygen atoms in total. The smallest absolute Gasteiger partial charge is 0.311 e. The van der Waals surface area contributed by atoms with Crippen molar-refractivity contribution < 1.29 is 9.53 Å². The standard InChI is InChI=1S/C13H13ClN2O2/c1-7-4-9-10(5-8(7)2)16-13(14)11(15-9)6-12(17)18-3/h4-5H,6H2,1-3H3. The van der Waals surface area contributed by atoms with Crippen molar-refractivity contribution in [2.75, 3.05) is 7.11 Å². The molecule has 0 bridgehead atoms. The number of carbonyl (C=O) groups is 1. The summed E-state index contributed by atoms with van der Waals surface area (Å²) in [6.45, 7) is 4.01. The lowest BCUT2D eigenvalue weighted by Gasteiger charge is -2.06. The minimum absolute atomic E-state index is 0.0329. The summed E-state index contributed by atoms with van der Waals surface area (Å²) < 4.78 is 4.60. The van der Waals surface area contributed by atoms with Gasteiger partial charge in [0.15, 0.2) is 5.15 Å². The number of esters is 1. The Bertz CT molecular complexity index is 626. The SMILES string of the molecule is COC(=O)Cc1nc2cc(C)c(C)cc2nc1Cl. The van der Waals surface area contributed by atoms with Crippen LogP contribution >= 0.6 is 11.6 Å². The molecule has 1 aromatic heterocycles. The average Bonchev–Trinajstić information content (AvgIpc) is 2.32. The van der Waals surface area contributed by atoms with Crippen molar-refractivity contribution >= 4 is 28.6 Å². The number of methoxy groups -OCH3 is 1. The van der Waals surface area contributed by atoms with E-state index in [1.54, 1.807) is 0 Å². The number of hydrogen-bond acceptors (Lipinski definition) is 4. The second-order valence-corrected chi connectivity index (χ2v) is 4.50. The minimum Gasteiger partial charge on any atom is -0.469 e. The van der Waals surface area contributed by atoms with Crippen LogP contribution in [0.3, 0.4) is 0 Å². The Kier molecular flexibility index (Phi) is 3.48. The van der Waals surface area contributed by atoms with Crippen molar-refractivity contribution in [1.29, 1.82) is 0 Å². The molecule has 0 saturated heterocycles. The van der Waals surface area contributed by atoms with Crippen LogP contribution in [0.4, 0.5) is 0 Å². The Morgan fingerprint density at radius 2 is 1.78 bits per heavy atom. The van der Waals surface area contributed by atoms with Gasteiger partial charge in [-0.05, 0) is 37.1 Å². The average molecular weight is 265 g/mol. The summed E-state index contributed by atoms with van der Waals surface area (Å²) in [6, 6.07) is 3.88. The van der Waals surface area contributed by atoms with E-state index in [-0.39, 0.29) is 17.5 Å². The summed E-state index contributed by atoms with van der Waals surface area (Å²) >= 11 is 6.02. The van der Waals surface area contributed by atoms with E-state index in [9.17, 15) is 4.79 Å². The molecule has 94 valence electrons. The topological polar surface area (TPSA) is 52.1 Å². The van der Waals surface area contributed by atoms with Gasteiger partial charge in [0.25, 0.3) is 0 Å². The van der Waals surface area contributed by atoms with Crippen molar-refractivity contribution in [1.82, 2.24) is 9.97 Å². The number of carbonyl (C=O) groups excluding carboxylic acids is 1. The first-order chi connectivity index (χ1) is 8.51. The number of ether oxygens (including phenoxy) is 1. The van der Waals surface area contributed by atoms with Crippen LogP contribution in [0.5, 0.6) is 0 Å². The van der Waals surface area contributed by atoms with Gasteiger partial charge in [-0.25, -0.2) is 9.97 Å². The molecule has 0 aliphatic carbocycles. The molecule has 0 aliphatic heterocycles. The van der Waals surface area contributed by atoms with E-state index in [2.05, 4.69) is 14.7 Å². The highest BCUT2D eigenvalue weighted by Crippen LogP contribution is 2.20. The maximum atomic E-state index is 11.2. The van der Waals surface area contributed by atoms with Crippen molar-refractivity contribution in [3.8, 4) is 0 Å². The molecule has 0 unspecified atom stereocenters. The molecular weight excluding hydrogens is 252 g/mol. The molecule has 0 spiro atoms. The Balaban J connectivity index is 2.53.